The van der Waals surface area contributed by atoms with Gasteiger partial charge >= 0.3 is 0 Å². The Kier molecular flexibility index (Phi) is 10.0. The predicted molar refractivity (Wildman–Crippen MR) is 133 cm³/mol. The SMILES string of the molecule is CCCCCCCCOc1ccc(-c2nnc(-c3ccc(CCCCC)cc3)s2)cc1. The number of benzene rings is 2. The van der Waals surface area contributed by atoms with Crippen molar-refractivity contribution < 1.29 is 4.74 Å². The Balaban J connectivity index is 1.49. The van der Waals surface area contributed by atoms with Crippen molar-refractivity contribution in [3.8, 4) is 26.9 Å². The molecule has 0 fully saturated rings. The first-order valence-electron chi connectivity index (χ1n) is 12.0. The Morgan fingerprint density at radius 1 is 0.645 bits per heavy atom. The molecule has 0 radical (unpaired) electrons. The maximum absolute atomic E-state index is 5.89. The molecular weight excluding hydrogens is 400 g/mol. The van der Waals surface area contributed by atoms with Gasteiger partial charge in [0, 0.05) is 11.1 Å². The average molecular weight is 437 g/mol. The molecule has 0 bridgehead atoms. The molecule has 166 valence electrons. The Hall–Kier alpha value is -2.20. The van der Waals surface area contributed by atoms with Gasteiger partial charge in [0.25, 0.3) is 0 Å². The molecule has 3 nitrogen and oxygen atoms in total. The molecule has 0 amide bonds. The number of rotatable bonds is 14. The van der Waals surface area contributed by atoms with Crippen LogP contribution in [0, 0.1) is 0 Å². The molecule has 0 unspecified atom stereocenters. The molecule has 4 heteroatoms. The zero-order valence-electron chi connectivity index (χ0n) is 19.1. The molecule has 0 N–H and O–H groups in total. The number of aromatic nitrogens is 2. The van der Waals surface area contributed by atoms with Crippen molar-refractivity contribution in [2.45, 2.75) is 78.1 Å². The van der Waals surface area contributed by atoms with Gasteiger partial charge in [-0.25, -0.2) is 0 Å². The smallest absolute Gasteiger partial charge is 0.148 e. The van der Waals surface area contributed by atoms with E-state index in [0.29, 0.717) is 0 Å². The first-order chi connectivity index (χ1) is 15.3. The molecule has 1 heterocycles. The maximum Gasteiger partial charge on any atom is 0.148 e. The zero-order valence-corrected chi connectivity index (χ0v) is 19.9. The Bertz CT molecular complexity index is 871. The van der Waals surface area contributed by atoms with E-state index in [0.717, 1.165) is 46.3 Å². The Morgan fingerprint density at radius 3 is 1.84 bits per heavy atom. The molecule has 0 aliphatic rings. The van der Waals surface area contributed by atoms with E-state index in [4.69, 9.17) is 4.74 Å². The highest BCUT2D eigenvalue weighted by molar-refractivity contribution is 7.17. The summed E-state index contributed by atoms with van der Waals surface area (Å²) < 4.78 is 5.89. The van der Waals surface area contributed by atoms with Crippen LogP contribution in [0.2, 0.25) is 0 Å². The van der Waals surface area contributed by atoms with Gasteiger partial charge in [-0.2, -0.15) is 0 Å². The molecule has 0 atom stereocenters. The highest BCUT2D eigenvalue weighted by Gasteiger charge is 2.09. The van der Waals surface area contributed by atoms with Crippen molar-refractivity contribution >= 4 is 11.3 Å². The van der Waals surface area contributed by atoms with E-state index in [1.54, 1.807) is 11.3 Å². The summed E-state index contributed by atoms with van der Waals surface area (Å²) in [4.78, 5) is 0. The lowest BCUT2D eigenvalue weighted by atomic mass is 10.1. The molecule has 0 spiro atoms. The fourth-order valence-corrected chi connectivity index (χ4v) is 4.47. The molecular formula is C27H36N2OS. The van der Waals surface area contributed by atoms with Crippen LogP contribution in [0.1, 0.15) is 77.2 Å². The summed E-state index contributed by atoms with van der Waals surface area (Å²) in [6, 6.07) is 17.0. The molecule has 1 aromatic heterocycles. The fourth-order valence-electron chi connectivity index (χ4n) is 3.62. The van der Waals surface area contributed by atoms with Gasteiger partial charge in [-0.15, -0.1) is 10.2 Å². The fraction of sp³-hybridized carbons (Fsp3) is 0.481. The Labute approximate surface area is 191 Å². The third-order valence-electron chi connectivity index (χ3n) is 5.56. The van der Waals surface area contributed by atoms with Crippen LogP contribution < -0.4 is 4.74 Å². The minimum atomic E-state index is 0.795. The topological polar surface area (TPSA) is 35.0 Å². The van der Waals surface area contributed by atoms with Gasteiger partial charge in [0.1, 0.15) is 15.8 Å². The molecule has 0 saturated carbocycles. The lowest BCUT2D eigenvalue weighted by molar-refractivity contribution is 0.304. The van der Waals surface area contributed by atoms with E-state index in [2.05, 4.69) is 60.4 Å². The molecule has 31 heavy (non-hydrogen) atoms. The van der Waals surface area contributed by atoms with Crippen LogP contribution in [0.4, 0.5) is 0 Å². The lowest BCUT2D eigenvalue weighted by Gasteiger charge is -2.06. The van der Waals surface area contributed by atoms with Gasteiger partial charge in [0.05, 0.1) is 6.61 Å². The van der Waals surface area contributed by atoms with Crippen LogP contribution in [-0.2, 0) is 6.42 Å². The number of nitrogens with zero attached hydrogens (tertiary/aromatic N) is 2. The molecule has 0 aliphatic heterocycles. The predicted octanol–water partition coefficient (Wildman–Crippen LogP) is 8.34. The van der Waals surface area contributed by atoms with Crippen molar-refractivity contribution in [2.24, 2.45) is 0 Å². The van der Waals surface area contributed by atoms with Crippen LogP contribution in [0.3, 0.4) is 0 Å². The highest BCUT2D eigenvalue weighted by atomic mass is 32.1. The van der Waals surface area contributed by atoms with E-state index in [1.165, 1.54) is 56.9 Å². The van der Waals surface area contributed by atoms with Gasteiger partial charge in [0.2, 0.25) is 0 Å². The van der Waals surface area contributed by atoms with Gasteiger partial charge in [-0.1, -0.05) is 94.4 Å². The van der Waals surface area contributed by atoms with E-state index in [9.17, 15) is 0 Å². The second kappa shape index (κ2) is 13.3. The molecule has 0 aliphatic carbocycles. The van der Waals surface area contributed by atoms with Crippen molar-refractivity contribution in [2.75, 3.05) is 6.61 Å². The van der Waals surface area contributed by atoms with Crippen molar-refractivity contribution in [1.82, 2.24) is 10.2 Å². The van der Waals surface area contributed by atoms with Crippen LogP contribution in [-0.4, -0.2) is 16.8 Å². The number of unbranched alkanes of at least 4 members (excludes halogenated alkanes) is 7. The van der Waals surface area contributed by atoms with Crippen molar-refractivity contribution in [3.05, 3.63) is 54.1 Å². The Morgan fingerprint density at radius 2 is 1.19 bits per heavy atom. The number of hydrogen-bond donors (Lipinski definition) is 0. The van der Waals surface area contributed by atoms with Gasteiger partial charge in [0.15, 0.2) is 0 Å². The molecule has 2 aromatic carbocycles. The largest absolute Gasteiger partial charge is 0.494 e. The van der Waals surface area contributed by atoms with Crippen molar-refractivity contribution in [1.29, 1.82) is 0 Å². The molecule has 3 aromatic rings. The first-order valence-corrected chi connectivity index (χ1v) is 12.8. The van der Waals surface area contributed by atoms with E-state index in [1.807, 2.05) is 12.1 Å². The summed E-state index contributed by atoms with van der Waals surface area (Å²) in [5.41, 5.74) is 3.63. The van der Waals surface area contributed by atoms with Crippen LogP contribution in [0.25, 0.3) is 21.1 Å². The summed E-state index contributed by atoms with van der Waals surface area (Å²) >= 11 is 1.64. The summed E-state index contributed by atoms with van der Waals surface area (Å²) in [5, 5.41) is 10.8. The van der Waals surface area contributed by atoms with E-state index in [-0.39, 0.29) is 0 Å². The molecule has 3 rings (SSSR count). The zero-order chi connectivity index (χ0) is 21.7. The minimum Gasteiger partial charge on any atom is -0.494 e. The third kappa shape index (κ3) is 7.77. The number of hydrogen-bond acceptors (Lipinski definition) is 4. The number of ether oxygens (including phenoxy) is 1. The third-order valence-corrected chi connectivity index (χ3v) is 6.58. The summed E-state index contributed by atoms with van der Waals surface area (Å²) in [5.74, 6) is 0.931. The second-order valence-corrected chi connectivity index (χ2v) is 9.18. The van der Waals surface area contributed by atoms with Gasteiger partial charge in [-0.05, 0) is 49.1 Å². The monoisotopic (exact) mass is 436 g/mol. The van der Waals surface area contributed by atoms with Gasteiger partial charge in [-0.3, -0.25) is 0 Å². The van der Waals surface area contributed by atoms with Crippen LogP contribution in [0.15, 0.2) is 48.5 Å². The van der Waals surface area contributed by atoms with Crippen LogP contribution >= 0.6 is 11.3 Å². The van der Waals surface area contributed by atoms with E-state index >= 15 is 0 Å². The van der Waals surface area contributed by atoms with Gasteiger partial charge < -0.3 is 4.74 Å². The lowest BCUT2D eigenvalue weighted by Crippen LogP contribution is -1.97. The summed E-state index contributed by atoms with van der Waals surface area (Å²) in [6.07, 6.45) is 12.7. The number of aryl methyl sites for hydroxylation is 1. The quantitative estimate of drug-likeness (QED) is 0.238. The second-order valence-electron chi connectivity index (χ2n) is 8.21. The summed E-state index contributed by atoms with van der Waals surface area (Å²) in [6.45, 7) is 5.29. The normalized spacial score (nSPS) is 11.0. The molecule has 0 saturated heterocycles. The minimum absolute atomic E-state index is 0.795. The average Bonchev–Trinajstić information content (AvgIpc) is 3.30. The van der Waals surface area contributed by atoms with Crippen LogP contribution in [0.5, 0.6) is 5.75 Å². The van der Waals surface area contributed by atoms with E-state index < -0.39 is 0 Å². The standard InChI is InChI=1S/C27H36N2OS/c1-3-5-7-8-9-11-21-30-25-19-17-24(18-20-25)27-29-28-26(31-27)23-15-13-22(14-16-23)12-10-6-4-2/h13-20H,3-12,21H2,1-2H3. The van der Waals surface area contributed by atoms with Crippen molar-refractivity contribution in [3.63, 3.8) is 0 Å². The maximum atomic E-state index is 5.89. The first kappa shape index (κ1) is 23.5. The highest BCUT2D eigenvalue weighted by Crippen LogP contribution is 2.31. The summed E-state index contributed by atoms with van der Waals surface area (Å²) in [7, 11) is 0.